The van der Waals surface area contributed by atoms with E-state index in [4.69, 9.17) is 4.74 Å². The van der Waals surface area contributed by atoms with Gasteiger partial charge in [-0.25, -0.2) is 0 Å². The molecule has 2 unspecified atom stereocenters. The van der Waals surface area contributed by atoms with Gasteiger partial charge in [0.2, 0.25) is 0 Å². The maximum absolute atomic E-state index is 12.2. The molecule has 2 saturated heterocycles. The Kier molecular flexibility index (Phi) is 1.34. The van der Waals surface area contributed by atoms with E-state index >= 15 is 0 Å². The van der Waals surface area contributed by atoms with Crippen molar-refractivity contribution in [1.82, 2.24) is 0 Å². The Morgan fingerprint density at radius 1 is 1.50 bits per heavy atom. The molecule has 0 amide bonds. The number of aliphatic hydroxyl groups excluding tert-OH is 1. The summed E-state index contributed by atoms with van der Waals surface area (Å²) >= 11 is 0. The summed E-state index contributed by atoms with van der Waals surface area (Å²) in [5.41, 5.74) is 0.347. The molecule has 4 rings (SSSR count). The van der Waals surface area contributed by atoms with Gasteiger partial charge in [0.25, 0.3) is 0 Å². The zero-order valence-electron chi connectivity index (χ0n) is 9.56. The highest BCUT2D eigenvalue weighted by Crippen LogP contribution is 2.72. The zero-order chi connectivity index (χ0) is 11.3. The Morgan fingerprint density at radius 3 is 2.81 bits per heavy atom. The Hall–Kier alpha value is -0.670. The predicted octanol–water partition coefficient (Wildman–Crippen LogP) is 1.06. The summed E-state index contributed by atoms with van der Waals surface area (Å²) in [4.78, 5) is 12.2. The molecule has 0 aromatic rings. The minimum absolute atomic E-state index is 0.0246. The number of aliphatic hydroxyl groups is 1. The van der Waals surface area contributed by atoms with Crippen molar-refractivity contribution >= 4 is 5.78 Å². The van der Waals surface area contributed by atoms with Crippen LogP contribution in [0.4, 0.5) is 0 Å². The standard InChI is InChI=1S/C13H16O3/c1-6-5-7-8(9(6)14)12(2)13(3-4-13)11(15)10(7)16-12/h5,7-8,10-11,15H,3-4H2,1-2H3/t7-,8?,10-,11?,12+/m1/s1. The molecule has 2 heterocycles. The lowest BCUT2D eigenvalue weighted by Gasteiger charge is -2.38. The van der Waals surface area contributed by atoms with E-state index < -0.39 is 5.60 Å². The van der Waals surface area contributed by atoms with Crippen molar-refractivity contribution in [2.45, 2.75) is 44.5 Å². The van der Waals surface area contributed by atoms with Crippen molar-refractivity contribution in [1.29, 1.82) is 0 Å². The fourth-order valence-corrected chi connectivity index (χ4v) is 4.46. The second-order valence-corrected chi connectivity index (χ2v) is 6.06. The van der Waals surface area contributed by atoms with E-state index in [2.05, 4.69) is 0 Å². The van der Waals surface area contributed by atoms with Gasteiger partial charge in [-0.3, -0.25) is 4.79 Å². The average Bonchev–Trinajstić information content (AvgIpc) is 2.87. The quantitative estimate of drug-likeness (QED) is 0.664. The van der Waals surface area contributed by atoms with Crippen molar-refractivity contribution < 1.29 is 14.6 Å². The molecule has 1 spiro atoms. The Morgan fingerprint density at radius 2 is 2.19 bits per heavy atom. The third-order valence-corrected chi connectivity index (χ3v) is 5.51. The van der Waals surface area contributed by atoms with Crippen molar-refractivity contribution in [3.8, 4) is 0 Å². The zero-order valence-corrected chi connectivity index (χ0v) is 9.56. The number of hydrogen-bond donors (Lipinski definition) is 1. The van der Waals surface area contributed by atoms with Crippen molar-refractivity contribution in [2.75, 3.05) is 0 Å². The Bertz CT molecular complexity index is 434. The molecule has 0 aromatic heterocycles. The molecule has 2 bridgehead atoms. The largest absolute Gasteiger partial charge is 0.390 e. The number of carbonyl (C=O) groups excluding carboxylic acids is 1. The fraction of sp³-hybridized carbons (Fsp3) is 0.769. The first-order chi connectivity index (χ1) is 7.51. The molecule has 1 N–H and O–H groups in total. The number of rotatable bonds is 0. The number of Topliss-reactive ketones (excluding diaryl/α,β-unsaturated/α-hetero) is 1. The normalized spacial score (nSPS) is 55.7. The van der Waals surface area contributed by atoms with Gasteiger partial charge >= 0.3 is 0 Å². The topological polar surface area (TPSA) is 46.5 Å². The first kappa shape index (κ1) is 9.37. The Balaban J connectivity index is 1.87. The minimum Gasteiger partial charge on any atom is -0.390 e. The highest BCUT2D eigenvalue weighted by molar-refractivity contribution is 6.01. The second-order valence-electron chi connectivity index (χ2n) is 6.06. The lowest BCUT2D eigenvalue weighted by atomic mass is 9.64. The van der Waals surface area contributed by atoms with Crippen LogP contribution >= 0.6 is 0 Å². The van der Waals surface area contributed by atoms with E-state index in [-0.39, 0.29) is 35.2 Å². The number of ketones is 1. The number of allylic oxidation sites excluding steroid dienone is 1. The molecule has 4 aliphatic rings. The molecule has 16 heavy (non-hydrogen) atoms. The van der Waals surface area contributed by atoms with E-state index in [0.29, 0.717) is 0 Å². The second kappa shape index (κ2) is 2.29. The van der Waals surface area contributed by atoms with Crippen LogP contribution in [0.1, 0.15) is 26.7 Å². The van der Waals surface area contributed by atoms with Gasteiger partial charge in [0.1, 0.15) is 0 Å². The highest BCUT2D eigenvalue weighted by atomic mass is 16.5. The van der Waals surface area contributed by atoms with E-state index in [9.17, 15) is 9.90 Å². The lowest BCUT2D eigenvalue weighted by Crippen LogP contribution is -2.51. The van der Waals surface area contributed by atoms with E-state index in [0.717, 1.165) is 18.4 Å². The molecule has 5 atom stereocenters. The van der Waals surface area contributed by atoms with Gasteiger partial charge in [0.05, 0.1) is 23.7 Å². The summed E-state index contributed by atoms with van der Waals surface area (Å²) in [6.07, 6.45) is 3.53. The van der Waals surface area contributed by atoms with Crippen LogP contribution in [0, 0.1) is 17.3 Å². The molecule has 0 radical (unpaired) electrons. The maximum Gasteiger partial charge on any atom is 0.164 e. The molecule has 3 heteroatoms. The first-order valence-electron chi connectivity index (χ1n) is 6.10. The SMILES string of the molecule is CC1=C[C@@H]2C(C1=O)[C@]1(C)O[C@H]2C(O)C12CC2. The van der Waals surface area contributed by atoms with Gasteiger partial charge in [-0.1, -0.05) is 6.08 Å². The van der Waals surface area contributed by atoms with Crippen LogP contribution in [0.15, 0.2) is 11.6 Å². The lowest BCUT2D eigenvalue weighted by molar-refractivity contribution is -0.126. The van der Waals surface area contributed by atoms with Gasteiger partial charge < -0.3 is 9.84 Å². The summed E-state index contributed by atoms with van der Waals surface area (Å²) in [6, 6.07) is 0. The maximum atomic E-state index is 12.2. The van der Waals surface area contributed by atoms with Crippen LogP contribution in [0.25, 0.3) is 0 Å². The van der Waals surface area contributed by atoms with E-state index in [1.54, 1.807) is 0 Å². The third kappa shape index (κ3) is 0.687. The molecule has 1 saturated carbocycles. The fourth-order valence-electron chi connectivity index (χ4n) is 4.46. The van der Waals surface area contributed by atoms with Gasteiger partial charge in [0, 0.05) is 11.3 Å². The van der Waals surface area contributed by atoms with Crippen LogP contribution in [-0.2, 0) is 9.53 Å². The average molecular weight is 220 g/mol. The molecule has 2 aliphatic carbocycles. The van der Waals surface area contributed by atoms with Gasteiger partial charge in [-0.15, -0.1) is 0 Å². The van der Waals surface area contributed by atoms with E-state index in [1.807, 2.05) is 19.9 Å². The molecule has 2 aliphatic heterocycles. The first-order valence-corrected chi connectivity index (χ1v) is 6.10. The smallest absolute Gasteiger partial charge is 0.164 e. The summed E-state index contributed by atoms with van der Waals surface area (Å²) in [5, 5.41) is 10.3. The molecule has 0 aromatic carbocycles. The van der Waals surface area contributed by atoms with Gasteiger partial charge in [-0.2, -0.15) is 0 Å². The minimum atomic E-state index is -0.410. The van der Waals surface area contributed by atoms with Gasteiger partial charge in [0.15, 0.2) is 5.78 Å². The number of carbonyl (C=O) groups is 1. The predicted molar refractivity (Wildman–Crippen MR) is 56.7 cm³/mol. The third-order valence-electron chi connectivity index (χ3n) is 5.51. The van der Waals surface area contributed by atoms with Crippen molar-refractivity contribution in [3.63, 3.8) is 0 Å². The number of ether oxygens (including phenoxy) is 1. The summed E-state index contributed by atoms with van der Waals surface area (Å²) in [5.74, 6) is 0.343. The summed E-state index contributed by atoms with van der Waals surface area (Å²) in [6.45, 7) is 3.92. The monoisotopic (exact) mass is 220 g/mol. The number of fused-ring (bicyclic) bond motifs is 6. The molecule has 86 valence electrons. The highest BCUT2D eigenvalue weighted by Gasteiger charge is 2.79. The van der Waals surface area contributed by atoms with Crippen LogP contribution < -0.4 is 0 Å². The van der Waals surface area contributed by atoms with Crippen LogP contribution in [-0.4, -0.2) is 28.7 Å². The van der Waals surface area contributed by atoms with Crippen LogP contribution in [0.3, 0.4) is 0 Å². The molecular weight excluding hydrogens is 204 g/mol. The molecule has 3 fully saturated rings. The molecular formula is C13H16O3. The van der Waals surface area contributed by atoms with Crippen LogP contribution in [0.5, 0.6) is 0 Å². The number of hydrogen-bond acceptors (Lipinski definition) is 3. The van der Waals surface area contributed by atoms with Crippen molar-refractivity contribution in [2.24, 2.45) is 17.3 Å². The Labute approximate surface area is 94.5 Å². The molecule has 3 nitrogen and oxygen atoms in total. The summed E-state index contributed by atoms with van der Waals surface area (Å²) in [7, 11) is 0. The van der Waals surface area contributed by atoms with Gasteiger partial charge in [-0.05, 0) is 32.3 Å². The van der Waals surface area contributed by atoms with Crippen molar-refractivity contribution in [3.05, 3.63) is 11.6 Å². The summed E-state index contributed by atoms with van der Waals surface area (Å²) < 4.78 is 6.02. The van der Waals surface area contributed by atoms with E-state index in [1.165, 1.54) is 0 Å². The van der Waals surface area contributed by atoms with Crippen LogP contribution in [0.2, 0.25) is 0 Å².